The quantitative estimate of drug-likeness (QED) is 0.764. The maximum absolute atomic E-state index is 13.0. The Hall–Kier alpha value is -0.680. The lowest BCUT2D eigenvalue weighted by Crippen LogP contribution is -2.29. The average molecular weight is 262 g/mol. The van der Waals surface area contributed by atoms with Crippen molar-refractivity contribution in [2.24, 2.45) is 5.73 Å². The Kier molecular flexibility index (Phi) is 6.44. The first-order valence-electron chi connectivity index (χ1n) is 5.39. The summed E-state index contributed by atoms with van der Waals surface area (Å²) in [6.07, 6.45) is 0.490. The van der Waals surface area contributed by atoms with Crippen LogP contribution in [0.3, 0.4) is 0 Å². The molecule has 3 nitrogen and oxygen atoms in total. The van der Waals surface area contributed by atoms with E-state index in [0.29, 0.717) is 36.8 Å². The molecule has 0 saturated heterocycles. The zero-order chi connectivity index (χ0) is 12.7. The van der Waals surface area contributed by atoms with E-state index in [4.69, 9.17) is 26.8 Å². The molecule has 1 atom stereocenters. The molecule has 0 heterocycles. The lowest BCUT2D eigenvalue weighted by Gasteiger charge is -2.13. The van der Waals surface area contributed by atoms with E-state index in [1.165, 1.54) is 18.2 Å². The van der Waals surface area contributed by atoms with Gasteiger partial charge in [0.05, 0.1) is 19.8 Å². The number of hydrogen-bond donors (Lipinski definition) is 1. The molecule has 96 valence electrons. The highest BCUT2D eigenvalue weighted by molar-refractivity contribution is 6.31. The van der Waals surface area contributed by atoms with Gasteiger partial charge in [0.1, 0.15) is 5.82 Å². The Bertz CT molecular complexity index is 349. The van der Waals surface area contributed by atoms with Crippen LogP contribution in [0, 0.1) is 5.82 Å². The Morgan fingerprint density at radius 2 is 2.18 bits per heavy atom. The van der Waals surface area contributed by atoms with Crippen LogP contribution in [-0.4, -0.2) is 33.0 Å². The summed E-state index contributed by atoms with van der Waals surface area (Å²) in [5.41, 5.74) is 6.56. The SMILES string of the molecule is COCCOCC(N)Cc1cc(F)ccc1Cl. The van der Waals surface area contributed by atoms with Crippen molar-refractivity contribution in [1.29, 1.82) is 0 Å². The first kappa shape index (κ1) is 14.4. The van der Waals surface area contributed by atoms with Crippen molar-refractivity contribution >= 4 is 11.6 Å². The topological polar surface area (TPSA) is 44.5 Å². The van der Waals surface area contributed by atoms with Crippen molar-refractivity contribution < 1.29 is 13.9 Å². The Morgan fingerprint density at radius 3 is 2.88 bits per heavy atom. The summed E-state index contributed by atoms with van der Waals surface area (Å²) in [6, 6.07) is 4.06. The molecule has 17 heavy (non-hydrogen) atoms. The molecule has 0 amide bonds. The number of hydrogen-bond acceptors (Lipinski definition) is 3. The maximum atomic E-state index is 13.0. The molecule has 1 aromatic carbocycles. The number of benzene rings is 1. The number of ether oxygens (including phenoxy) is 2. The second kappa shape index (κ2) is 7.61. The van der Waals surface area contributed by atoms with Crippen molar-refractivity contribution in [3.63, 3.8) is 0 Å². The fraction of sp³-hybridized carbons (Fsp3) is 0.500. The van der Waals surface area contributed by atoms with Crippen molar-refractivity contribution in [2.75, 3.05) is 26.9 Å². The third kappa shape index (κ3) is 5.46. The van der Waals surface area contributed by atoms with Gasteiger partial charge in [-0.25, -0.2) is 4.39 Å². The lowest BCUT2D eigenvalue weighted by atomic mass is 10.1. The van der Waals surface area contributed by atoms with Crippen LogP contribution < -0.4 is 5.73 Å². The molecule has 0 fully saturated rings. The van der Waals surface area contributed by atoms with Gasteiger partial charge < -0.3 is 15.2 Å². The number of rotatable bonds is 7. The number of nitrogens with two attached hydrogens (primary N) is 1. The molecule has 5 heteroatoms. The van der Waals surface area contributed by atoms with Crippen LogP contribution >= 0.6 is 11.6 Å². The molecule has 2 N–H and O–H groups in total. The smallest absolute Gasteiger partial charge is 0.123 e. The van der Waals surface area contributed by atoms with Crippen molar-refractivity contribution in [1.82, 2.24) is 0 Å². The van der Waals surface area contributed by atoms with E-state index >= 15 is 0 Å². The molecule has 0 spiro atoms. The van der Waals surface area contributed by atoms with Gasteiger partial charge in [-0.3, -0.25) is 0 Å². The monoisotopic (exact) mass is 261 g/mol. The minimum absolute atomic E-state index is 0.203. The standard InChI is InChI=1S/C12H17ClFNO2/c1-16-4-5-17-8-11(15)7-9-6-10(14)2-3-12(9)13/h2-3,6,11H,4-5,7-8,15H2,1H3. The average Bonchev–Trinajstić information content (AvgIpc) is 2.29. The van der Waals surface area contributed by atoms with Crippen LogP contribution in [0.2, 0.25) is 5.02 Å². The Morgan fingerprint density at radius 1 is 1.41 bits per heavy atom. The zero-order valence-corrected chi connectivity index (χ0v) is 10.5. The molecule has 0 aromatic heterocycles. The molecule has 0 bridgehead atoms. The van der Waals surface area contributed by atoms with E-state index in [1.807, 2.05) is 0 Å². The maximum Gasteiger partial charge on any atom is 0.123 e. The van der Waals surface area contributed by atoms with E-state index in [1.54, 1.807) is 7.11 Å². The predicted octanol–water partition coefficient (Wildman–Crippen LogP) is 2.01. The van der Waals surface area contributed by atoms with Gasteiger partial charge in [0.2, 0.25) is 0 Å². The fourth-order valence-electron chi connectivity index (χ4n) is 1.42. The molecule has 0 aliphatic heterocycles. The summed E-state index contributed by atoms with van der Waals surface area (Å²) < 4.78 is 23.1. The summed E-state index contributed by atoms with van der Waals surface area (Å²) in [5, 5.41) is 0.527. The van der Waals surface area contributed by atoms with Gasteiger partial charge in [-0.2, -0.15) is 0 Å². The molecule has 1 aromatic rings. The Balaban J connectivity index is 2.39. The van der Waals surface area contributed by atoms with Gasteiger partial charge in [0, 0.05) is 18.2 Å². The molecule has 1 rings (SSSR count). The van der Waals surface area contributed by atoms with Gasteiger partial charge in [-0.05, 0) is 30.2 Å². The van der Waals surface area contributed by atoms with Crippen molar-refractivity contribution in [3.8, 4) is 0 Å². The highest BCUT2D eigenvalue weighted by atomic mass is 35.5. The summed E-state index contributed by atoms with van der Waals surface area (Å²) in [6.45, 7) is 1.44. The van der Waals surface area contributed by atoms with Gasteiger partial charge in [-0.1, -0.05) is 11.6 Å². The van der Waals surface area contributed by atoms with E-state index in [9.17, 15) is 4.39 Å². The summed E-state index contributed by atoms with van der Waals surface area (Å²) >= 11 is 5.94. The highest BCUT2D eigenvalue weighted by Gasteiger charge is 2.08. The van der Waals surface area contributed by atoms with Gasteiger partial charge in [0.25, 0.3) is 0 Å². The van der Waals surface area contributed by atoms with E-state index in [2.05, 4.69) is 0 Å². The lowest BCUT2D eigenvalue weighted by molar-refractivity contribution is 0.0637. The molecule has 1 unspecified atom stereocenters. The predicted molar refractivity (Wildman–Crippen MR) is 65.8 cm³/mol. The molecular formula is C12H17ClFNO2. The first-order chi connectivity index (χ1) is 8.13. The summed E-state index contributed by atoms with van der Waals surface area (Å²) in [4.78, 5) is 0. The van der Waals surface area contributed by atoms with Crippen molar-refractivity contribution in [2.45, 2.75) is 12.5 Å². The minimum atomic E-state index is -0.308. The van der Waals surface area contributed by atoms with Crippen LogP contribution in [0.5, 0.6) is 0 Å². The van der Waals surface area contributed by atoms with Crippen molar-refractivity contribution in [3.05, 3.63) is 34.6 Å². The van der Waals surface area contributed by atoms with Crippen LogP contribution in [0.25, 0.3) is 0 Å². The molecule has 0 aliphatic rings. The third-order valence-electron chi connectivity index (χ3n) is 2.25. The van der Waals surface area contributed by atoms with E-state index < -0.39 is 0 Å². The van der Waals surface area contributed by atoms with Gasteiger partial charge >= 0.3 is 0 Å². The third-order valence-corrected chi connectivity index (χ3v) is 2.62. The fourth-order valence-corrected chi connectivity index (χ4v) is 1.61. The van der Waals surface area contributed by atoms with Gasteiger partial charge in [0.15, 0.2) is 0 Å². The molecule has 0 saturated carbocycles. The van der Waals surface area contributed by atoms with Crippen LogP contribution in [0.4, 0.5) is 4.39 Å². The normalized spacial score (nSPS) is 12.7. The largest absolute Gasteiger partial charge is 0.382 e. The van der Waals surface area contributed by atoms with Crippen LogP contribution in [0.15, 0.2) is 18.2 Å². The summed E-state index contributed by atoms with van der Waals surface area (Å²) in [7, 11) is 1.61. The minimum Gasteiger partial charge on any atom is -0.382 e. The molecule has 0 radical (unpaired) electrons. The molecular weight excluding hydrogens is 245 g/mol. The second-order valence-electron chi connectivity index (χ2n) is 3.77. The van der Waals surface area contributed by atoms with E-state index in [0.717, 1.165) is 0 Å². The number of halogens is 2. The molecule has 0 aliphatic carbocycles. The zero-order valence-electron chi connectivity index (χ0n) is 9.79. The van der Waals surface area contributed by atoms with Crippen LogP contribution in [-0.2, 0) is 15.9 Å². The van der Waals surface area contributed by atoms with E-state index in [-0.39, 0.29) is 11.9 Å². The highest BCUT2D eigenvalue weighted by Crippen LogP contribution is 2.18. The Labute approximate surface area is 106 Å². The summed E-state index contributed by atoms with van der Waals surface area (Å²) in [5.74, 6) is -0.308. The van der Waals surface area contributed by atoms with Crippen LogP contribution in [0.1, 0.15) is 5.56 Å². The van der Waals surface area contributed by atoms with Gasteiger partial charge in [-0.15, -0.1) is 0 Å². The number of methoxy groups -OCH3 is 1. The first-order valence-corrected chi connectivity index (χ1v) is 5.77. The second-order valence-corrected chi connectivity index (χ2v) is 4.17.